The van der Waals surface area contributed by atoms with Gasteiger partial charge in [-0.05, 0) is 5.56 Å². The predicted molar refractivity (Wildman–Crippen MR) is 70.1 cm³/mol. The molecule has 19 heavy (non-hydrogen) atoms. The second-order valence-electron chi connectivity index (χ2n) is 4.00. The fourth-order valence-electron chi connectivity index (χ4n) is 1.51. The number of benzene rings is 1. The van der Waals surface area contributed by atoms with E-state index < -0.39 is 10.2 Å². The van der Waals surface area contributed by atoms with Gasteiger partial charge >= 0.3 is 0 Å². The molecule has 1 aromatic heterocycles. The van der Waals surface area contributed by atoms with Gasteiger partial charge in [0.1, 0.15) is 12.2 Å². The number of hydrogen-bond acceptors (Lipinski definition) is 4. The minimum atomic E-state index is -3.54. The fourth-order valence-corrected chi connectivity index (χ4v) is 2.37. The number of aromatic nitrogens is 3. The summed E-state index contributed by atoms with van der Waals surface area (Å²) in [5.74, 6) is 0.469. The van der Waals surface area contributed by atoms with Crippen LogP contribution in [0.5, 0.6) is 0 Å². The van der Waals surface area contributed by atoms with Gasteiger partial charge in [0, 0.05) is 13.6 Å². The van der Waals surface area contributed by atoms with E-state index in [4.69, 9.17) is 0 Å². The van der Waals surface area contributed by atoms with Crippen LogP contribution in [0.1, 0.15) is 11.4 Å². The number of rotatable bonds is 6. The highest BCUT2D eigenvalue weighted by Crippen LogP contribution is 2.05. The van der Waals surface area contributed by atoms with E-state index >= 15 is 0 Å². The maximum atomic E-state index is 12.0. The van der Waals surface area contributed by atoms with Gasteiger partial charge in [-0.2, -0.15) is 22.5 Å². The van der Waals surface area contributed by atoms with Gasteiger partial charge in [0.25, 0.3) is 10.2 Å². The van der Waals surface area contributed by atoms with Crippen molar-refractivity contribution in [3.63, 3.8) is 0 Å². The largest absolute Gasteiger partial charge is 0.279 e. The molecule has 0 bridgehead atoms. The zero-order chi connectivity index (χ0) is 13.7. The van der Waals surface area contributed by atoms with Crippen LogP contribution in [0.25, 0.3) is 0 Å². The summed E-state index contributed by atoms with van der Waals surface area (Å²) in [6.45, 7) is 0.397. The molecule has 0 atom stereocenters. The molecule has 7 nitrogen and oxygen atoms in total. The molecule has 2 N–H and O–H groups in total. The van der Waals surface area contributed by atoms with Gasteiger partial charge in [-0.1, -0.05) is 30.3 Å². The average Bonchev–Trinajstić information content (AvgIpc) is 2.91. The summed E-state index contributed by atoms with van der Waals surface area (Å²) in [4.78, 5) is 3.85. The van der Waals surface area contributed by atoms with Crippen molar-refractivity contribution in [2.45, 2.75) is 13.1 Å². The van der Waals surface area contributed by atoms with Gasteiger partial charge in [0.05, 0.1) is 6.54 Å². The molecule has 8 heteroatoms. The standard InChI is InChI=1S/C11H15N5O2S/c1-16(8-10-5-3-2-4-6-10)19(17,18)14-7-11-12-9-13-15-11/h2-6,9,14H,7-8H2,1H3,(H,12,13,15). The molecule has 0 saturated carbocycles. The predicted octanol–water partition coefficient (Wildman–Crippen LogP) is 0.271. The number of nitrogens with one attached hydrogen (secondary N) is 2. The topological polar surface area (TPSA) is 91.0 Å². The molecule has 0 radical (unpaired) electrons. The number of aromatic amines is 1. The molecule has 1 heterocycles. The molecule has 0 aliphatic rings. The highest BCUT2D eigenvalue weighted by Gasteiger charge is 2.17. The second-order valence-corrected chi connectivity index (χ2v) is 5.86. The Morgan fingerprint density at radius 3 is 2.68 bits per heavy atom. The molecule has 0 fully saturated rings. The molecular formula is C11H15N5O2S. The molecule has 2 rings (SSSR count). The van der Waals surface area contributed by atoms with Gasteiger partial charge in [0.15, 0.2) is 0 Å². The third-order valence-corrected chi connectivity index (χ3v) is 4.00. The quantitative estimate of drug-likeness (QED) is 0.795. The lowest BCUT2D eigenvalue weighted by molar-refractivity contribution is 0.454. The lowest BCUT2D eigenvalue weighted by atomic mass is 10.2. The van der Waals surface area contributed by atoms with Crippen LogP contribution in [0, 0.1) is 0 Å². The van der Waals surface area contributed by atoms with E-state index in [9.17, 15) is 8.42 Å². The van der Waals surface area contributed by atoms with E-state index in [-0.39, 0.29) is 6.54 Å². The Kier molecular flexibility index (Phi) is 4.25. The van der Waals surface area contributed by atoms with Crippen LogP contribution in [-0.4, -0.2) is 35.0 Å². The number of hydrogen-bond donors (Lipinski definition) is 2. The van der Waals surface area contributed by atoms with E-state index in [0.29, 0.717) is 12.4 Å². The molecule has 0 amide bonds. The summed E-state index contributed by atoms with van der Waals surface area (Å²) >= 11 is 0. The third-order valence-electron chi connectivity index (χ3n) is 2.55. The lowest BCUT2D eigenvalue weighted by Gasteiger charge is -2.17. The first-order chi connectivity index (χ1) is 9.08. The summed E-state index contributed by atoms with van der Waals surface area (Å²) in [6.07, 6.45) is 1.33. The highest BCUT2D eigenvalue weighted by atomic mass is 32.2. The van der Waals surface area contributed by atoms with Gasteiger partial charge in [-0.25, -0.2) is 4.98 Å². The third kappa shape index (κ3) is 3.85. The summed E-state index contributed by atoms with van der Waals surface area (Å²) in [7, 11) is -2.02. The number of nitrogens with zero attached hydrogens (tertiary/aromatic N) is 3. The van der Waals surface area contributed by atoms with Crippen LogP contribution in [0.4, 0.5) is 0 Å². The first-order valence-corrected chi connectivity index (χ1v) is 7.11. The van der Waals surface area contributed by atoms with E-state index in [1.165, 1.54) is 17.7 Å². The summed E-state index contributed by atoms with van der Waals surface area (Å²) in [5.41, 5.74) is 0.926. The minimum absolute atomic E-state index is 0.0848. The van der Waals surface area contributed by atoms with E-state index in [1.54, 1.807) is 0 Å². The summed E-state index contributed by atoms with van der Waals surface area (Å²) < 4.78 is 27.7. The van der Waals surface area contributed by atoms with Crippen LogP contribution < -0.4 is 4.72 Å². The zero-order valence-electron chi connectivity index (χ0n) is 10.4. The van der Waals surface area contributed by atoms with Crippen LogP contribution in [0.3, 0.4) is 0 Å². The fraction of sp³-hybridized carbons (Fsp3) is 0.273. The monoisotopic (exact) mass is 281 g/mol. The van der Waals surface area contributed by atoms with Gasteiger partial charge in [-0.3, -0.25) is 5.10 Å². The zero-order valence-corrected chi connectivity index (χ0v) is 11.3. The van der Waals surface area contributed by atoms with Crippen LogP contribution >= 0.6 is 0 Å². The second kappa shape index (κ2) is 5.91. The van der Waals surface area contributed by atoms with Gasteiger partial charge < -0.3 is 0 Å². The Bertz CT molecular complexity index is 597. The molecule has 2 aromatic rings. The number of H-pyrrole nitrogens is 1. The van der Waals surface area contributed by atoms with E-state index in [0.717, 1.165) is 5.56 Å². The smallest absolute Gasteiger partial charge is 0.262 e. The Hall–Kier alpha value is -1.77. The van der Waals surface area contributed by atoms with Crippen molar-refractivity contribution in [2.24, 2.45) is 0 Å². The Morgan fingerprint density at radius 2 is 2.05 bits per heavy atom. The molecule has 0 aliphatic carbocycles. The maximum Gasteiger partial charge on any atom is 0.279 e. The van der Waals surface area contributed by atoms with Crippen molar-refractivity contribution < 1.29 is 8.42 Å². The van der Waals surface area contributed by atoms with Crippen LogP contribution in [-0.2, 0) is 23.3 Å². The summed E-state index contributed by atoms with van der Waals surface area (Å²) in [5, 5.41) is 6.24. The first kappa shape index (κ1) is 13.7. The van der Waals surface area contributed by atoms with Crippen molar-refractivity contribution in [1.29, 1.82) is 0 Å². The Morgan fingerprint density at radius 1 is 1.32 bits per heavy atom. The van der Waals surface area contributed by atoms with Gasteiger partial charge in [0.2, 0.25) is 0 Å². The Balaban J connectivity index is 1.95. The normalized spacial score (nSPS) is 11.9. The lowest BCUT2D eigenvalue weighted by Crippen LogP contribution is -2.37. The average molecular weight is 281 g/mol. The van der Waals surface area contributed by atoms with Gasteiger partial charge in [-0.15, -0.1) is 0 Å². The minimum Gasteiger partial charge on any atom is -0.262 e. The molecule has 0 aliphatic heterocycles. The Labute approximate surface area is 111 Å². The van der Waals surface area contributed by atoms with E-state index in [1.807, 2.05) is 30.3 Å². The van der Waals surface area contributed by atoms with E-state index in [2.05, 4.69) is 19.9 Å². The SMILES string of the molecule is CN(Cc1ccccc1)S(=O)(=O)NCc1ncn[nH]1. The molecule has 102 valence electrons. The molecule has 0 saturated heterocycles. The summed E-state index contributed by atoms with van der Waals surface area (Å²) in [6, 6.07) is 9.39. The highest BCUT2D eigenvalue weighted by molar-refractivity contribution is 7.87. The van der Waals surface area contributed by atoms with Crippen molar-refractivity contribution >= 4 is 10.2 Å². The molecular weight excluding hydrogens is 266 g/mol. The van der Waals surface area contributed by atoms with Crippen LogP contribution in [0.15, 0.2) is 36.7 Å². The van der Waals surface area contributed by atoms with Crippen LogP contribution in [0.2, 0.25) is 0 Å². The molecule has 0 spiro atoms. The van der Waals surface area contributed by atoms with Crippen molar-refractivity contribution in [3.05, 3.63) is 48.0 Å². The van der Waals surface area contributed by atoms with Crippen molar-refractivity contribution in [2.75, 3.05) is 7.05 Å². The van der Waals surface area contributed by atoms with Crippen molar-refractivity contribution in [1.82, 2.24) is 24.2 Å². The van der Waals surface area contributed by atoms with Crippen molar-refractivity contribution in [3.8, 4) is 0 Å². The molecule has 0 unspecified atom stereocenters. The maximum absolute atomic E-state index is 12.0. The molecule has 1 aromatic carbocycles. The first-order valence-electron chi connectivity index (χ1n) is 5.67.